The van der Waals surface area contributed by atoms with E-state index in [1.807, 2.05) is 30.3 Å². The molecular formula is C20H19NO4S2. The van der Waals surface area contributed by atoms with Crippen molar-refractivity contribution in [1.82, 2.24) is 4.72 Å². The number of rotatable bonds is 7. The van der Waals surface area contributed by atoms with E-state index in [1.54, 1.807) is 18.2 Å². The molecule has 0 heterocycles. The molecule has 0 aromatic heterocycles. The summed E-state index contributed by atoms with van der Waals surface area (Å²) in [4.78, 5) is -0.0104. The van der Waals surface area contributed by atoms with Crippen molar-refractivity contribution in [3.05, 3.63) is 90.5 Å². The largest absolute Gasteiger partial charge is 0.240 e. The number of nitrogens with one attached hydrogen (secondary N) is 1. The van der Waals surface area contributed by atoms with Gasteiger partial charge in [-0.25, -0.2) is 21.6 Å². The van der Waals surface area contributed by atoms with Crippen LogP contribution in [0.2, 0.25) is 0 Å². The Kier molecular flexibility index (Phi) is 5.74. The van der Waals surface area contributed by atoms with E-state index in [-0.39, 0.29) is 21.2 Å². The number of hydrogen-bond donors (Lipinski definition) is 1. The third kappa shape index (κ3) is 4.63. The SMILES string of the molecule is O=S(=O)(NCCc1ccccc1)c1cccc(S(=O)(=O)c2ccccc2)c1. The minimum Gasteiger partial charge on any atom is -0.219 e. The van der Waals surface area contributed by atoms with Crippen molar-refractivity contribution in [2.24, 2.45) is 0 Å². The summed E-state index contributed by atoms with van der Waals surface area (Å²) in [7, 11) is -7.59. The second kappa shape index (κ2) is 8.04. The van der Waals surface area contributed by atoms with E-state index >= 15 is 0 Å². The zero-order valence-electron chi connectivity index (χ0n) is 14.4. The maximum atomic E-state index is 12.7. The van der Waals surface area contributed by atoms with Crippen molar-refractivity contribution in [1.29, 1.82) is 0 Å². The molecule has 0 unspecified atom stereocenters. The normalized spacial score (nSPS) is 12.0. The number of sulfonamides is 1. The monoisotopic (exact) mass is 401 g/mol. The van der Waals surface area contributed by atoms with Gasteiger partial charge in [0, 0.05) is 6.54 Å². The van der Waals surface area contributed by atoms with Crippen molar-refractivity contribution >= 4 is 19.9 Å². The fraction of sp³-hybridized carbons (Fsp3) is 0.100. The zero-order chi connectivity index (χ0) is 19.3. The highest BCUT2D eigenvalue weighted by molar-refractivity contribution is 7.91. The van der Waals surface area contributed by atoms with Crippen LogP contribution in [0.15, 0.2) is 99.6 Å². The maximum Gasteiger partial charge on any atom is 0.240 e. The first kappa shape index (κ1) is 19.3. The molecule has 0 bridgehead atoms. The molecule has 27 heavy (non-hydrogen) atoms. The summed E-state index contributed by atoms with van der Waals surface area (Å²) >= 11 is 0. The summed E-state index contributed by atoms with van der Waals surface area (Å²) in [6.45, 7) is 0.224. The lowest BCUT2D eigenvalue weighted by Gasteiger charge is -2.09. The van der Waals surface area contributed by atoms with E-state index in [0.29, 0.717) is 6.42 Å². The summed E-state index contributed by atoms with van der Waals surface area (Å²) in [6.07, 6.45) is 0.544. The smallest absolute Gasteiger partial charge is 0.219 e. The van der Waals surface area contributed by atoms with Gasteiger partial charge in [-0.3, -0.25) is 0 Å². The van der Waals surface area contributed by atoms with Gasteiger partial charge in [0.15, 0.2) is 0 Å². The van der Waals surface area contributed by atoms with Crippen LogP contribution < -0.4 is 4.72 Å². The summed E-state index contributed by atoms with van der Waals surface area (Å²) in [6, 6.07) is 22.8. The van der Waals surface area contributed by atoms with Gasteiger partial charge >= 0.3 is 0 Å². The van der Waals surface area contributed by atoms with Gasteiger partial charge in [0.05, 0.1) is 14.7 Å². The second-order valence-corrected chi connectivity index (χ2v) is 9.64. The van der Waals surface area contributed by atoms with E-state index in [1.165, 1.54) is 36.4 Å². The van der Waals surface area contributed by atoms with E-state index in [9.17, 15) is 16.8 Å². The Balaban J connectivity index is 1.80. The predicted octanol–water partition coefficient (Wildman–Crippen LogP) is 3.04. The van der Waals surface area contributed by atoms with Gasteiger partial charge in [-0.2, -0.15) is 0 Å². The molecule has 0 saturated heterocycles. The first-order valence-corrected chi connectivity index (χ1v) is 11.3. The van der Waals surface area contributed by atoms with Gasteiger partial charge < -0.3 is 0 Å². The molecule has 3 rings (SSSR count). The molecule has 0 aliphatic heterocycles. The van der Waals surface area contributed by atoms with Gasteiger partial charge in [0.25, 0.3) is 0 Å². The first-order chi connectivity index (χ1) is 12.9. The van der Waals surface area contributed by atoms with E-state index in [0.717, 1.165) is 5.56 Å². The molecule has 0 aliphatic rings. The lowest BCUT2D eigenvalue weighted by atomic mass is 10.2. The number of sulfone groups is 1. The zero-order valence-corrected chi connectivity index (χ0v) is 16.1. The Morgan fingerprint density at radius 2 is 1.19 bits per heavy atom. The molecule has 0 aliphatic carbocycles. The molecule has 3 aromatic carbocycles. The van der Waals surface area contributed by atoms with Crippen LogP contribution in [-0.2, 0) is 26.3 Å². The molecule has 140 valence electrons. The topological polar surface area (TPSA) is 80.3 Å². The summed E-state index contributed by atoms with van der Waals surface area (Å²) in [5.74, 6) is 0. The van der Waals surface area contributed by atoms with E-state index in [4.69, 9.17) is 0 Å². The van der Waals surface area contributed by atoms with E-state index in [2.05, 4.69) is 4.72 Å². The van der Waals surface area contributed by atoms with Crippen molar-refractivity contribution in [3.63, 3.8) is 0 Å². The van der Waals surface area contributed by atoms with Crippen molar-refractivity contribution in [2.75, 3.05) is 6.54 Å². The Bertz CT molecular complexity index is 1110. The maximum absolute atomic E-state index is 12.7. The predicted molar refractivity (Wildman–Crippen MR) is 104 cm³/mol. The molecular weight excluding hydrogens is 382 g/mol. The van der Waals surface area contributed by atoms with Gasteiger partial charge in [-0.15, -0.1) is 0 Å². The summed E-state index contributed by atoms with van der Waals surface area (Å²) in [5.41, 5.74) is 1.01. The third-order valence-corrected chi connectivity index (χ3v) is 7.25. The molecule has 1 N–H and O–H groups in total. The lowest BCUT2D eigenvalue weighted by Crippen LogP contribution is -2.26. The second-order valence-electron chi connectivity index (χ2n) is 5.92. The van der Waals surface area contributed by atoms with Crippen LogP contribution in [0.25, 0.3) is 0 Å². The number of hydrogen-bond acceptors (Lipinski definition) is 4. The van der Waals surface area contributed by atoms with Crippen LogP contribution in [0.4, 0.5) is 0 Å². The van der Waals surface area contributed by atoms with Crippen LogP contribution in [0.3, 0.4) is 0 Å². The van der Waals surface area contributed by atoms with Gasteiger partial charge in [-0.1, -0.05) is 54.6 Å². The lowest BCUT2D eigenvalue weighted by molar-refractivity contribution is 0.581. The van der Waals surface area contributed by atoms with Crippen molar-refractivity contribution < 1.29 is 16.8 Å². The van der Waals surface area contributed by atoms with Crippen molar-refractivity contribution in [2.45, 2.75) is 21.1 Å². The minimum absolute atomic E-state index is 0.0559. The van der Waals surface area contributed by atoms with Crippen LogP contribution in [0, 0.1) is 0 Å². The van der Waals surface area contributed by atoms with Crippen LogP contribution >= 0.6 is 0 Å². The Morgan fingerprint density at radius 1 is 0.630 bits per heavy atom. The highest BCUT2D eigenvalue weighted by Gasteiger charge is 2.21. The van der Waals surface area contributed by atoms with Crippen LogP contribution in [0.5, 0.6) is 0 Å². The van der Waals surface area contributed by atoms with Gasteiger partial charge in [0.2, 0.25) is 19.9 Å². The Morgan fingerprint density at radius 3 is 1.85 bits per heavy atom. The quantitative estimate of drug-likeness (QED) is 0.660. The fourth-order valence-corrected chi connectivity index (χ4v) is 5.08. The van der Waals surface area contributed by atoms with Gasteiger partial charge in [-0.05, 0) is 42.3 Å². The highest BCUT2D eigenvalue weighted by atomic mass is 32.2. The highest BCUT2D eigenvalue weighted by Crippen LogP contribution is 2.23. The fourth-order valence-electron chi connectivity index (χ4n) is 2.60. The summed E-state index contributed by atoms with van der Waals surface area (Å²) < 4.78 is 53.0. The van der Waals surface area contributed by atoms with Gasteiger partial charge in [0.1, 0.15) is 0 Å². The standard InChI is InChI=1S/C20H19NO4S2/c22-26(23,18-10-5-2-6-11-18)19-12-7-13-20(16-19)27(24,25)21-15-14-17-8-3-1-4-9-17/h1-13,16,21H,14-15H2. The van der Waals surface area contributed by atoms with Crippen molar-refractivity contribution in [3.8, 4) is 0 Å². The molecule has 0 amide bonds. The molecule has 7 heteroatoms. The van der Waals surface area contributed by atoms with Crippen LogP contribution in [-0.4, -0.2) is 23.4 Å². The average Bonchev–Trinajstić information content (AvgIpc) is 2.69. The molecule has 0 spiro atoms. The molecule has 0 atom stereocenters. The van der Waals surface area contributed by atoms with E-state index < -0.39 is 19.9 Å². The third-order valence-electron chi connectivity index (χ3n) is 4.03. The molecule has 5 nitrogen and oxygen atoms in total. The number of benzene rings is 3. The molecule has 0 fully saturated rings. The molecule has 0 radical (unpaired) electrons. The average molecular weight is 402 g/mol. The Hall–Kier alpha value is -2.48. The minimum atomic E-state index is -3.81. The molecule has 3 aromatic rings. The summed E-state index contributed by atoms with van der Waals surface area (Å²) in [5, 5.41) is 0. The molecule has 0 saturated carbocycles. The van der Waals surface area contributed by atoms with Crippen LogP contribution in [0.1, 0.15) is 5.56 Å². The first-order valence-electron chi connectivity index (χ1n) is 8.33. The Labute approximate surface area is 159 Å².